The second-order valence-electron chi connectivity index (χ2n) is 7.23. The van der Waals surface area contributed by atoms with E-state index in [0.29, 0.717) is 11.3 Å². The second kappa shape index (κ2) is 9.08. The number of nitrogens with zero attached hydrogens (tertiary/aromatic N) is 3. The summed E-state index contributed by atoms with van der Waals surface area (Å²) in [6.07, 6.45) is 0. The molecular weight excluding hydrogens is 464 g/mol. The Kier molecular flexibility index (Phi) is 6.20. The number of benzene rings is 2. The zero-order chi connectivity index (χ0) is 23.6. The van der Waals surface area contributed by atoms with E-state index < -0.39 is 15.6 Å². The van der Waals surface area contributed by atoms with Crippen LogP contribution in [0.5, 0.6) is 0 Å². The summed E-state index contributed by atoms with van der Waals surface area (Å²) < 4.78 is 26.7. The number of anilines is 1. The number of para-hydroxylation sites is 1. The van der Waals surface area contributed by atoms with Crippen LogP contribution in [0.1, 0.15) is 11.3 Å². The first-order valence-electron chi connectivity index (χ1n) is 9.79. The number of hydrogen-bond donors (Lipinski definition) is 3. The van der Waals surface area contributed by atoms with Gasteiger partial charge >= 0.3 is 0 Å². The molecule has 2 aromatic heterocycles. The molecule has 0 bridgehead atoms. The summed E-state index contributed by atoms with van der Waals surface area (Å²) >= 11 is 0.923. The predicted octanol–water partition coefficient (Wildman–Crippen LogP) is 2.40. The van der Waals surface area contributed by atoms with Crippen LogP contribution in [-0.4, -0.2) is 39.9 Å². The molecule has 12 heteroatoms. The highest BCUT2D eigenvalue weighted by atomic mass is 32.2. The first-order chi connectivity index (χ1) is 15.7. The van der Waals surface area contributed by atoms with Gasteiger partial charge in [0.05, 0.1) is 21.6 Å². The van der Waals surface area contributed by atoms with Crippen molar-refractivity contribution in [1.82, 2.24) is 19.9 Å². The van der Waals surface area contributed by atoms with Crippen molar-refractivity contribution in [2.75, 3.05) is 15.9 Å². The Bertz CT molecular complexity index is 1490. The van der Waals surface area contributed by atoms with E-state index in [9.17, 15) is 18.0 Å². The van der Waals surface area contributed by atoms with Gasteiger partial charge in [0.2, 0.25) is 5.91 Å². The summed E-state index contributed by atoms with van der Waals surface area (Å²) in [6, 6.07) is 14.5. The Labute approximate surface area is 193 Å². The Morgan fingerprint density at radius 2 is 1.85 bits per heavy atom. The number of aryl methyl sites for hydroxylation is 2. The number of carbonyl (C=O) groups is 1. The van der Waals surface area contributed by atoms with E-state index in [1.165, 1.54) is 12.1 Å². The fourth-order valence-corrected chi connectivity index (χ4v) is 4.79. The lowest BCUT2D eigenvalue weighted by Gasteiger charge is -2.15. The molecule has 4 aromatic rings. The first kappa shape index (κ1) is 22.6. The third-order valence-electron chi connectivity index (χ3n) is 4.59. The number of fused-ring (bicyclic) bond motifs is 1. The van der Waals surface area contributed by atoms with E-state index in [0.717, 1.165) is 27.7 Å². The molecule has 33 heavy (non-hydrogen) atoms. The largest absolute Gasteiger partial charge is 0.308 e. The summed E-state index contributed by atoms with van der Waals surface area (Å²) in [4.78, 5) is 32.2. The molecule has 2 heterocycles. The predicted molar refractivity (Wildman–Crippen MR) is 126 cm³/mol. The molecule has 0 aliphatic carbocycles. The summed E-state index contributed by atoms with van der Waals surface area (Å²) in [7, 11) is -4.08. The molecule has 0 unspecified atom stereocenters. The van der Waals surface area contributed by atoms with Crippen molar-refractivity contribution in [3.8, 4) is 0 Å². The van der Waals surface area contributed by atoms with Crippen LogP contribution in [0.3, 0.4) is 0 Å². The first-order valence-corrected chi connectivity index (χ1v) is 12.3. The maximum absolute atomic E-state index is 13.1. The van der Waals surface area contributed by atoms with Crippen LogP contribution >= 0.6 is 11.8 Å². The third-order valence-corrected chi connectivity index (χ3v) is 6.85. The Morgan fingerprint density at radius 3 is 2.55 bits per heavy atom. The quantitative estimate of drug-likeness (QED) is 0.270. The number of sulfonamides is 1. The zero-order valence-electron chi connectivity index (χ0n) is 17.7. The van der Waals surface area contributed by atoms with Crippen molar-refractivity contribution >= 4 is 44.4 Å². The molecule has 0 spiro atoms. The topological polar surface area (TPSA) is 139 Å². The van der Waals surface area contributed by atoms with Crippen LogP contribution in [-0.2, 0) is 14.8 Å². The van der Waals surface area contributed by atoms with Gasteiger partial charge in [-0.15, -0.1) is 0 Å². The van der Waals surface area contributed by atoms with E-state index >= 15 is 0 Å². The number of carbonyl (C=O) groups excluding carboxylic acids is 1. The third kappa shape index (κ3) is 5.07. The van der Waals surface area contributed by atoms with Crippen molar-refractivity contribution in [2.45, 2.75) is 23.9 Å². The van der Waals surface area contributed by atoms with Crippen molar-refractivity contribution in [3.63, 3.8) is 0 Å². The van der Waals surface area contributed by atoms with E-state index in [1.54, 1.807) is 49.4 Å². The molecule has 0 saturated carbocycles. The Hall–Kier alpha value is -3.64. The number of aromatic amines is 1. The second-order valence-corrected chi connectivity index (χ2v) is 9.84. The molecule has 0 saturated heterocycles. The van der Waals surface area contributed by atoms with Gasteiger partial charge in [-0.1, -0.05) is 41.6 Å². The van der Waals surface area contributed by atoms with Crippen LogP contribution < -0.4 is 15.7 Å². The van der Waals surface area contributed by atoms with Gasteiger partial charge in [-0.2, -0.15) is 18.2 Å². The van der Waals surface area contributed by atoms with Gasteiger partial charge in [-0.3, -0.25) is 14.7 Å². The summed E-state index contributed by atoms with van der Waals surface area (Å²) in [5.74, 6) is -0.146. The van der Waals surface area contributed by atoms with E-state index in [4.69, 9.17) is 0 Å². The monoisotopic (exact) mass is 484 g/mol. The van der Waals surface area contributed by atoms with Crippen molar-refractivity contribution in [2.24, 2.45) is 0 Å². The number of aromatic nitrogens is 4. The van der Waals surface area contributed by atoms with Crippen molar-refractivity contribution in [3.05, 3.63) is 76.2 Å². The maximum atomic E-state index is 13.1. The normalized spacial score (nSPS) is 11.5. The highest BCUT2D eigenvalue weighted by Crippen LogP contribution is 2.19. The summed E-state index contributed by atoms with van der Waals surface area (Å²) in [5.41, 5.74) is 1.47. The summed E-state index contributed by atoms with van der Waals surface area (Å²) in [6.45, 7) is 3.64. The molecular formula is C21H20N6O4S2. The Morgan fingerprint density at radius 1 is 1.12 bits per heavy atom. The molecule has 1 amide bonds. The zero-order valence-corrected chi connectivity index (χ0v) is 19.3. The SMILES string of the molecule is Cc1ccc(S(=O)(=O)Nn2c(SCC(=O)Nc3cc(C)[nH]n3)nc3ccccc3c2=O)cc1. The molecule has 170 valence electrons. The highest BCUT2D eigenvalue weighted by Gasteiger charge is 2.20. The van der Waals surface area contributed by atoms with Gasteiger partial charge in [0.1, 0.15) is 0 Å². The molecule has 10 nitrogen and oxygen atoms in total. The van der Waals surface area contributed by atoms with Gasteiger partial charge in [0.25, 0.3) is 15.6 Å². The van der Waals surface area contributed by atoms with E-state index in [2.05, 4.69) is 25.3 Å². The van der Waals surface area contributed by atoms with Gasteiger partial charge in [0, 0.05) is 11.8 Å². The Balaban J connectivity index is 1.66. The average Bonchev–Trinajstić information content (AvgIpc) is 3.19. The van der Waals surface area contributed by atoms with Crippen LogP contribution in [0.15, 0.2) is 69.4 Å². The van der Waals surface area contributed by atoms with Crippen LogP contribution in [0.2, 0.25) is 0 Å². The fourth-order valence-electron chi connectivity index (χ4n) is 2.97. The van der Waals surface area contributed by atoms with Gasteiger partial charge in [-0.05, 0) is 38.1 Å². The average molecular weight is 485 g/mol. The molecule has 0 fully saturated rings. The van der Waals surface area contributed by atoms with Crippen molar-refractivity contribution in [1.29, 1.82) is 0 Å². The number of rotatable bonds is 7. The lowest BCUT2D eigenvalue weighted by atomic mass is 10.2. The standard InChI is InChI=1S/C21H20N6O4S2/c1-13-7-9-15(10-8-13)33(30,31)26-27-20(29)16-5-3-4-6-17(16)22-21(27)32-12-19(28)23-18-11-14(2)24-25-18/h3-11,26H,12H2,1-2H3,(H2,23,24,25,28). The van der Waals surface area contributed by atoms with Gasteiger partial charge in [-0.25, -0.2) is 9.82 Å². The van der Waals surface area contributed by atoms with E-state index in [-0.39, 0.29) is 27.1 Å². The molecule has 3 N–H and O–H groups in total. The number of H-pyrrole nitrogens is 1. The minimum Gasteiger partial charge on any atom is -0.308 e. The number of hydrogen-bond acceptors (Lipinski definition) is 7. The van der Waals surface area contributed by atoms with Crippen LogP contribution in [0.4, 0.5) is 5.82 Å². The molecule has 2 aromatic carbocycles. The molecule has 0 radical (unpaired) electrons. The fraction of sp³-hybridized carbons (Fsp3) is 0.143. The highest BCUT2D eigenvalue weighted by molar-refractivity contribution is 7.99. The molecule has 0 aliphatic heterocycles. The minimum absolute atomic E-state index is 0.00393. The van der Waals surface area contributed by atoms with Crippen molar-refractivity contribution < 1.29 is 13.2 Å². The smallest absolute Gasteiger partial charge is 0.281 e. The molecule has 4 rings (SSSR count). The van der Waals surface area contributed by atoms with Crippen LogP contribution in [0.25, 0.3) is 10.9 Å². The van der Waals surface area contributed by atoms with Gasteiger partial charge in [0.15, 0.2) is 11.0 Å². The number of thioether (sulfide) groups is 1. The molecule has 0 aliphatic rings. The lowest BCUT2D eigenvalue weighted by Crippen LogP contribution is -2.35. The molecule has 0 atom stereocenters. The maximum Gasteiger partial charge on any atom is 0.281 e. The number of amides is 1. The van der Waals surface area contributed by atoms with E-state index in [1.807, 2.05) is 6.92 Å². The summed E-state index contributed by atoms with van der Waals surface area (Å²) in [5, 5.41) is 9.56. The number of nitrogens with one attached hydrogen (secondary N) is 3. The minimum atomic E-state index is -4.08. The van der Waals surface area contributed by atoms with Gasteiger partial charge < -0.3 is 5.32 Å². The lowest BCUT2D eigenvalue weighted by molar-refractivity contribution is -0.113. The van der Waals surface area contributed by atoms with Crippen LogP contribution in [0, 0.1) is 13.8 Å².